The fourth-order valence-corrected chi connectivity index (χ4v) is 3.37. The number of benzene rings is 2. The van der Waals surface area contributed by atoms with Gasteiger partial charge in [-0.15, -0.1) is 0 Å². The predicted octanol–water partition coefficient (Wildman–Crippen LogP) is 5.95. The molecule has 0 bridgehead atoms. The minimum atomic E-state index is 0.511. The molecule has 1 N–H and O–H groups in total. The molecular formula is C20H17Cl2N5. The highest BCUT2D eigenvalue weighted by molar-refractivity contribution is 6.35. The smallest absolute Gasteiger partial charge is 0.227 e. The minimum absolute atomic E-state index is 0.511. The van der Waals surface area contributed by atoms with Crippen molar-refractivity contribution in [1.29, 1.82) is 0 Å². The van der Waals surface area contributed by atoms with Gasteiger partial charge in [-0.1, -0.05) is 36.2 Å². The van der Waals surface area contributed by atoms with Crippen LogP contribution in [0, 0.1) is 0 Å². The first-order valence-corrected chi connectivity index (χ1v) is 9.41. The zero-order valence-electron chi connectivity index (χ0n) is 14.7. The van der Waals surface area contributed by atoms with E-state index in [1.807, 2.05) is 42.5 Å². The molecule has 0 amide bonds. The van der Waals surface area contributed by atoms with E-state index in [-0.39, 0.29) is 0 Å². The predicted molar refractivity (Wildman–Crippen MR) is 111 cm³/mol. The van der Waals surface area contributed by atoms with Crippen molar-refractivity contribution in [3.05, 3.63) is 64.9 Å². The Morgan fingerprint density at radius 3 is 2.44 bits per heavy atom. The topological polar surface area (TPSA) is 55.6 Å². The van der Waals surface area contributed by atoms with Gasteiger partial charge in [-0.3, -0.25) is 0 Å². The molecule has 0 unspecified atom stereocenters. The molecule has 2 aromatic heterocycles. The van der Waals surface area contributed by atoms with Gasteiger partial charge >= 0.3 is 0 Å². The van der Waals surface area contributed by atoms with E-state index in [1.165, 1.54) is 0 Å². The van der Waals surface area contributed by atoms with Gasteiger partial charge in [0, 0.05) is 29.6 Å². The summed E-state index contributed by atoms with van der Waals surface area (Å²) in [5.74, 6) is 1.33. The van der Waals surface area contributed by atoms with Crippen LogP contribution in [0.25, 0.3) is 22.4 Å². The van der Waals surface area contributed by atoms with Gasteiger partial charge in [0.25, 0.3) is 0 Å². The number of nitrogens with zero attached hydrogens (tertiary/aromatic N) is 4. The number of aromatic nitrogens is 4. The quantitative estimate of drug-likeness (QED) is 0.451. The number of nitrogens with one attached hydrogen (secondary N) is 1. The molecule has 7 heteroatoms. The molecule has 4 aromatic rings. The van der Waals surface area contributed by atoms with Crippen molar-refractivity contribution in [2.45, 2.75) is 19.9 Å². The van der Waals surface area contributed by atoms with E-state index in [4.69, 9.17) is 28.2 Å². The van der Waals surface area contributed by atoms with Gasteiger partial charge in [-0.05, 0) is 42.8 Å². The summed E-state index contributed by atoms with van der Waals surface area (Å²) < 4.78 is 2.13. The highest BCUT2D eigenvalue weighted by atomic mass is 35.5. The summed E-state index contributed by atoms with van der Waals surface area (Å²) in [4.78, 5) is 13.6. The lowest BCUT2D eigenvalue weighted by atomic mass is 10.3. The molecule has 5 nitrogen and oxygen atoms in total. The number of para-hydroxylation sites is 1. The van der Waals surface area contributed by atoms with Crippen LogP contribution >= 0.6 is 23.2 Å². The van der Waals surface area contributed by atoms with Crippen LogP contribution in [0.3, 0.4) is 0 Å². The zero-order chi connectivity index (χ0) is 18.8. The van der Waals surface area contributed by atoms with Gasteiger partial charge in [0.2, 0.25) is 5.95 Å². The summed E-state index contributed by atoms with van der Waals surface area (Å²) in [6.07, 6.45) is 4.51. The number of fused-ring (bicyclic) bond motifs is 1. The second-order valence-electron chi connectivity index (χ2n) is 6.12. The van der Waals surface area contributed by atoms with Crippen LogP contribution < -0.4 is 5.32 Å². The Morgan fingerprint density at radius 2 is 1.74 bits per heavy atom. The van der Waals surface area contributed by atoms with Crippen molar-refractivity contribution < 1.29 is 0 Å². The van der Waals surface area contributed by atoms with Crippen LogP contribution in [-0.4, -0.2) is 19.5 Å². The second kappa shape index (κ2) is 7.55. The van der Waals surface area contributed by atoms with Crippen LogP contribution in [0.4, 0.5) is 11.6 Å². The molecule has 27 heavy (non-hydrogen) atoms. The molecule has 4 rings (SSSR count). The fourth-order valence-electron chi connectivity index (χ4n) is 2.97. The molecular weight excluding hydrogens is 381 g/mol. The number of aryl methyl sites for hydroxylation is 1. The first-order chi connectivity index (χ1) is 13.2. The van der Waals surface area contributed by atoms with E-state index in [0.29, 0.717) is 16.0 Å². The van der Waals surface area contributed by atoms with Crippen molar-refractivity contribution in [3.8, 4) is 11.4 Å². The van der Waals surface area contributed by atoms with Crippen LogP contribution in [0.5, 0.6) is 0 Å². The Kier molecular flexibility index (Phi) is 4.97. The summed E-state index contributed by atoms with van der Waals surface area (Å²) in [6.45, 7) is 2.95. The number of rotatable bonds is 5. The van der Waals surface area contributed by atoms with Crippen LogP contribution in [-0.2, 0) is 6.54 Å². The molecule has 0 saturated heterocycles. The first kappa shape index (κ1) is 17.8. The minimum Gasteiger partial charge on any atom is -0.324 e. The molecule has 0 spiro atoms. The zero-order valence-corrected chi connectivity index (χ0v) is 16.2. The SMILES string of the molecule is CCCn1c(-c2cnc(Nc3ccc(Cl)cc3)nc2)nc2cccc(Cl)c21. The molecule has 0 aliphatic carbocycles. The molecule has 2 aromatic carbocycles. The number of hydrogen-bond donors (Lipinski definition) is 1. The molecule has 0 aliphatic rings. The lowest BCUT2D eigenvalue weighted by Gasteiger charge is -2.09. The third-order valence-electron chi connectivity index (χ3n) is 4.18. The lowest BCUT2D eigenvalue weighted by Crippen LogP contribution is -2.02. The molecule has 0 fully saturated rings. The first-order valence-electron chi connectivity index (χ1n) is 8.65. The van der Waals surface area contributed by atoms with Crippen LogP contribution in [0.15, 0.2) is 54.9 Å². The highest BCUT2D eigenvalue weighted by Gasteiger charge is 2.15. The van der Waals surface area contributed by atoms with Gasteiger partial charge in [0.1, 0.15) is 5.82 Å². The Balaban J connectivity index is 1.68. The maximum atomic E-state index is 6.41. The standard InChI is InChI=1S/C20H17Cl2N5/c1-2-10-27-18-16(22)4-3-5-17(18)26-19(27)13-11-23-20(24-12-13)25-15-8-6-14(21)7-9-15/h3-9,11-12H,2,10H2,1H3,(H,23,24,25). The second-order valence-corrected chi connectivity index (χ2v) is 6.97. The van der Waals surface area contributed by atoms with Gasteiger partial charge < -0.3 is 9.88 Å². The number of hydrogen-bond acceptors (Lipinski definition) is 4. The summed E-state index contributed by atoms with van der Waals surface area (Å²) in [6, 6.07) is 13.1. The normalized spacial score (nSPS) is 11.1. The Labute approximate surface area is 167 Å². The Hall–Kier alpha value is -2.63. The Bertz CT molecular complexity index is 1070. The van der Waals surface area contributed by atoms with Gasteiger partial charge in [-0.25, -0.2) is 15.0 Å². The van der Waals surface area contributed by atoms with Crippen molar-refractivity contribution in [2.75, 3.05) is 5.32 Å². The van der Waals surface area contributed by atoms with Crippen molar-refractivity contribution in [2.24, 2.45) is 0 Å². The van der Waals surface area contributed by atoms with Crippen molar-refractivity contribution in [3.63, 3.8) is 0 Å². The van der Waals surface area contributed by atoms with Gasteiger partial charge in [0.15, 0.2) is 0 Å². The Morgan fingerprint density at radius 1 is 1.00 bits per heavy atom. The summed E-state index contributed by atoms with van der Waals surface area (Å²) in [5.41, 5.74) is 3.53. The molecule has 0 saturated carbocycles. The van der Waals surface area contributed by atoms with E-state index >= 15 is 0 Å². The number of imidazole rings is 1. The summed E-state index contributed by atoms with van der Waals surface area (Å²) in [5, 5.41) is 4.54. The average Bonchev–Trinajstić information content (AvgIpc) is 3.04. The highest BCUT2D eigenvalue weighted by Crippen LogP contribution is 2.29. The van der Waals surface area contributed by atoms with E-state index in [1.54, 1.807) is 12.4 Å². The summed E-state index contributed by atoms with van der Waals surface area (Å²) >= 11 is 12.3. The maximum absolute atomic E-state index is 6.41. The number of halogens is 2. The van der Waals surface area contributed by atoms with Crippen molar-refractivity contribution in [1.82, 2.24) is 19.5 Å². The van der Waals surface area contributed by atoms with Gasteiger partial charge in [-0.2, -0.15) is 0 Å². The molecule has 0 atom stereocenters. The molecule has 0 radical (unpaired) electrons. The van der Waals surface area contributed by atoms with E-state index in [9.17, 15) is 0 Å². The number of anilines is 2. The van der Waals surface area contributed by atoms with Crippen molar-refractivity contribution >= 4 is 45.9 Å². The molecule has 0 aliphatic heterocycles. The summed E-state index contributed by atoms with van der Waals surface area (Å²) in [7, 11) is 0. The molecule has 2 heterocycles. The van der Waals surface area contributed by atoms with Crippen LogP contribution in [0.2, 0.25) is 10.0 Å². The van der Waals surface area contributed by atoms with E-state index < -0.39 is 0 Å². The third-order valence-corrected chi connectivity index (χ3v) is 4.73. The average molecular weight is 398 g/mol. The maximum Gasteiger partial charge on any atom is 0.227 e. The molecule has 136 valence electrons. The third kappa shape index (κ3) is 3.61. The van der Waals surface area contributed by atoms with Crippen LogP contribution in [0.1, 0.15) is 13.3 Å². The van der Waals surface area contributed by atoms with E-state index in [2.05, 4.69) is 26.8 Å². The monoisotopic (exact) mass is 397 g/mol. The largest absolute Gasteiger partial charge is 0.324 e. The van der Waals surface area contributed by atoms with Gasteiger partial charge in [0.05, 0.1) is 21.6 Å². The fraction of sp³-hybridized carbons (Fsp3) is 0.150. The lowest BCUT2D eigenvalue weighted by molar-refractivity contribution is 0.703. The van der Waals surface area contributed by atoms with E-state index in [0.717, 1.165) is 41.1 Å².